The molecule has 0 aliphatic rings. The molecule has 0 amide bonds. The van der Waals surface area contributed by atoms with Crippen molar-refractivity contribution < 1.29 is 12.8 Å². The third-order valence-corrected chi connectivity index (χ3v) is 4.22. The standard InChI is InChI=1S/C11H15BrFNO2S/c1-2-3-4-7-14-17(15,16)11-8-9(12)5-6-10(11)13/h5-6,8,14H,2-4,7H2,1H3. The van der Waals surface area contributed by atoms with E-state index in [0.29, 0.717) is 11.0 Å². The minimum atomic E-state index is -3.75. The van der Waals surface area contributed by atoms with Crippen LogP contribution in [0.3, 0.4) is 0 Å². The average molecular weight is 324 g/mol. The lowest BCUT2D eigenvalue weighted by molar-refractivity contribution is 0.553. The number of unbranched alkanes of at least 4 members (excludes halogenated alkanes) is 2. The predicted molar refractivity (Wildman–Crippen MR) is 68.8 cm³/mol. The Morgan fingerprint density at radius 1 is 1.35 bits per heavy atom. The molecule has 96 valence electrons. The van der Waals surface area contributed by atoms with Crippen LogP contribution in [0, 0.1) is 5.82 Å². The van der Waals surface area contributed by atoms with Gasteiger partial charge >= 0.3 is 0 Å². The van der Waals surface area contributed by atoms with Gasteiger partial charge < -0.3 is 0 Å². The largest absolute Gasteiger partial charge is 0.243 e. The minimum Gasteiger partial charge on any atom is -0.211 e. The van der Waals surface area contributed by atoms with E-state index in [-0.39, 0.29) is 4.90 Å². The minimum absolute atomic E-state index is 0.316. The van der Waals surface area contributed by atoms with Crippen molar-refractivity contribution in [3.8, 4) is 0 Å². The zero-order valence-electron chi connectivity index (χ0n) is 9.54. The summed E-state index contributed by atoms with van der Waals surface area (Å²) in [4.78, 5) is -0.316. The zero-order valence-corrected chi connectivity index (χ0v) is 11.9. The summed E-state index contributed by atoms with van der Waals surface area (Å²) in [7, 11) is -3.75. The van der Waals surface area contributed by atoms with E-state index in [9.17, 15) is 12.8 Å². The van der Waals surface area contributed by atoms with Crippen molar-refractivity contribution >= 4 is 26.0 Å². The van der Waals surface area contributed by atoms with Crippen LogP contribution in [0.2, 0.25) is 0 Å². The summed E-state index contributed by atoms with van der Waals surface area (Å²) in [6.45, 7) is 2.37. The van der Waals surface area contributed by atoms with Gasteiger partial charge in [0, 0.05) is 11.0 Å². The molecule has 17 heavy (non-hydrogen) atoms. The Bertz CT molecular complexity index is 476. The van der Waals surface area contributed by atoms with E-state index in [2.05, 4.69) is 20.7 Å². The summed E-state index contributed by atoms with van der Waals surface area (Å²) >= 11 is 3.12. The molecule has 0 aliphatic carbocycles. The first-order valence-electron chi connectivity index (χ1n) is 5.42. The van der Waals surface area contributed by atoms with Gasteiger partial charge in [0.25, 0.3) is 0 Å². The number of hydrogen-bond acceptors (Lipinski definition) is 2. The molecular weight excluding hydrogens is 309 g/mol. The SMILES string of the molecule is CCCCCNS(=O)(=O)c1cc(Br)ccc1F. The Morgan fingerprint density at radius 2 is 2.06 bits per heavy atom. The van der Waals surface area contributed by atoms with Gasteiger partial charge in [-0.2, -0.15) is 0 Å². The molecule has 1 rings (SSSR count). The molecule has 0 spiro atoms. The normalized spacial score (nSPS) is 11.7. The van der Waals surface area contributed by atoms with Gasteiger partial charge in [0.1, 0.15) is 10.7 Å². The van der Waals surface area contributed by atoms with Crippen molar-refractivity contribution in [2.75, 3.05) is 6.54 Å². The molecule has 3 nitrogen and oxygen atoms in total. The number of hydrogen-bond donors (Lipinski definition) is 1. The van der Waals surface area contributed by atoms with Crippen LogP contribution in [0.5, 0.6) is 0 Å². The van der Waals surface area contributed by atoms with Gasteiger partial charge in [-0.15, -0.1) is 0 Å². The van der Waals surface area contributed by atoms with Crippen LogP contribution in [-0.2, 0) is 10.0 Å². The molecule has 6 heteroatoms. The van der Waals surface area contributed by atoms with Crippen molar-refractivity contribution in [1.29, 1.82) is 0 Å². The van der Waals surface area contributed by atoms with E-state index in [0.717, 1.165) is 25.3 Å². The highest BCUT2D eigenvalue weighted by Gasteiger charge is 2.18. The molecule has 0 aromatic heterocycles. The third kappa shape index (κ3) is 4.37. The summed E-state index contributed by atoms with van der Waals surface area (Å²) in [6.07, 6.45) is 2.71. The second-order valence-corrected chi connectivity index (χ2v) is 6.33. The van der Waals surface area contributed by atoms with Crippen LogP contribution < -0.4 is 4.72 Å². The first-order chi connectivity index (χ1) is 7.97. The van der Waals surface area contributed by atoms with E-state index >= 15 is 0 Å². The molecule has 0 heterocycles. The summed E-state index contributed by atoms with van der Waals surface area (Å²) in [5.74, 6) is -0.740. The lowest BCUT2D eigenvalue weighted by Crippen LogP contribution is -2.25. The average Bonchev–Trinajstić information content (AvgIpc) is 2.28. The van der Waals surface area contributed by atoms with Crippen LogP contribution in [0.15, 0.2) is 27.6 Å². The van der Waals surface area contributed by atoms with Gasteiger partial charge in [-0.05, 0) is 24.6 Å². The molecule has 0 unspecified atom stereocenters. The summed E-state index contributed by atoms with van der Waals surface area (Å²) < 4.78 is 39.9. The highest BCUT2D eigenvalue weighted by molar-refractivity contribution is 9.10. The first-order valence-corrected chi connectivity index (χ1v) is 7.69. The Morgan fingerprint density at radius 3 is 2.71 bits per heavy atom. The maximum absolute atomic E-state index is 13.4. The molecule has 0 radical (unpaired) electrons. The predicted octanol–water partition coefficient (Wildman–Crippen LogP) is 3.06. The van der Waals surface area contributed by atoms with Crippen molar-refractivity contribution in [3.05, 3.63) is 28.5 Å². The highest BCUT2D eigenvalue weighted by Crippen LogP contribution is 2.19. The monoisotopic (exact) mass is 323 g/mol. The summed E-state index contributed by atoms with van der Waals surface area (Å²) in [6, 6.07) is 3.85. The molecule has 0 fully saturated rings. The van der Waals surface area contributed by atoms with Crippen LogP contribution in [0.4, 0.5) is 4.39 Å². The zero-order chi connectivity index (χ0) is 12.9. The molecule has 0 bridgehead atoms. The lowest BCUT2D eigenvalue weighted by Gasteiger charge is -2.07. The van der Waals surface area contributed by atoms with Gasteiger partial charge in [-0.25, -0.2) is 17.5 Å². The quantitative estimate of drug-likeness (QED) is 0.818. The van der Waals surface area contributed by atoms with E-state index in [1.807, 2.05) is 6.92 Å². The van der Waals surface area contributed by atoms with Gasteiger partial charge in [0.2, 0.25) is 10.0 Å². The topological polar surface area (TPSA) is 46.2 Å². The number of benzene rings is 1. The Kier molecular flexibility index (Phi) is 5.55. The number of halogens is 2. The Labute approximate surface area is 110 Å². The fraction of sp³-hybridized carbons (Fsp3) is 0.455. The number of nitrogens with one attached hydrogen (secondary N) is 1. The van der Waals surface area contributed by atoms with E-state index in [1.54, 1.807) is 0 Å². The molecule has 1 aromatic rings. The van der Waals surface area contributed by atoms with E-state index < -0.39 is 15.8 Å². The third-order valence-electron chi connectivity index (χ3n) is 2.26. The molecule has 0 saturated heterocycles. The fourth-order valence-electron chi connectivity index (χ4n) is 1.34. The van der Waals surface area contributed by atoms with Crippen molar-refractivity contribution in [3.63, 3.8) is 0 Å². The Hall–Kier alpha value is -0.460. The smallest absolute Gasteiger partial charge is 0.211 e. The van der Waals surface area contributed by atoms with Gasteiger partial charge in [-0.1, -0.05) is 35.7 Å². The van der Waals surface area contributed by atoms with Gasteiger partial charge in [-0.3, -0.25) is 0 Å². The maximum atomic E-state index is 13.4. The van der Waals surface area contributed by atoms with Gasteiger partial charge in [0.15, 0.2) is 0 Å². The molecule has 1 aromatic carbocycles. The molecular formula is C11H15BrFNO2S. The summed E-state index contributed by atoms with van der Waals surface area (Å²) in [5.41, 5.74) is 0. The highest BCUT2D eigenvalue weighted by atomic mass is 79.9. The second-order valence-electron chi connectivity index (χ2n) is 3.68. The first kappa shape index (κ1) is 14.6. The number of sulfonamides is 1. The van der Waals surface area contributed by atoms with Crippen LogP contribution in [-0.4, -0.2) is 15.0 Å². The number of rotatable bonds is 6. The van der Waals surface area contributed by atoms with Crippen molar-refractivity contribution in [2.45, 2.75) is 31.1 Å². The molecule has 0 atom stereocenters. The van der Waals surface area contributed by atoms with Gasteiger partial charge in [0.05, 0.1) is 0 Å². The fourth-order valence-corrected chi connectivity index (χ4v) is 3.03. The second kappa shape index (κ2) is 6.47. The van der Waals surface area contributed by atoms with Crippen LogP contribution in [0.1, 0.15) is 26.2 Å². The van der Waals surface area contributed by atoms with E-state index in [4.69, 9.17) is 0 Å². The maximum Gasteiger partial charge on any atom is 0.243 e. The molecule has 0 aliphatic heterocycles. The van der Waals surface area contributed by atoms with Crippen molar-refractivity contribution in [2.24, 2.45) is 0 Å². The molecule has 0 saturated carbocycles. The van der Waals surface area contributed by atoms with Crippen molar-refractivity contribution in [1.82, 2.24) is 4.72 Å². The summed E-state index contributed by atoms with van der Waals surface area (Å²) in [5, 5.41) is 0. The van der Waals surface area contributed by atoms with Crippen LogP contribution >= 0.6 is 15.9 Å². The van der Waals surface area contributed by atoms with Crippen LogP contribution in [0.25, 0.3) is 0 Å². The van der Waals surface area contributed by atoms with E-state index in [1.165, 1.54) is 12.1 Å². The molecule has 1 N–H and O–H groups in total. The Balaban J connectivity index is 2.79. The lowest BCUT2D eigenvalue weighted by atomic mass is 10.3.